The fraction of sp³-hybridized carbons (Fsp3) is 0.632. The number of hydrazine groups is 1. The molecule has 4 N–H and O–H groups in total. The number of primary amides is 1. The normalized spacial score (nSPS) is 15.3. The van der Waals surface area contributed by atoms with E-state index < -0.39 is 29.7 Å². The van der Waals surface area contributed by atoms with Gasteiger partial charge >= 0.3 is 0 Å². The molecule has 11 heteroatoms. The molecule has 0 radical (unpaired) electrons. The number of aromatic nitrogens is 1. The molecule has 1 aliphatic carbocycles. The second-order valence-corrected chi connectivity index (χ2v) is 7.73. The van der Waals surface area contributed by atoms with Crippen LogP contribution in [-0.4, -0.2) is 52.3 Å². The third-order valence-electron chi connectivity index (χ3n) is 5.02. The third kappa shape index (κ3) is 7.33. The Morgan fingerprint density at radius 1 is 1.30 bits per heavy atom. The molecular formula is C19H28ClN5O5. The average Bonchev–Trinajstić information content (AvgIpc) is 3.17. The van der Waals surface area contributed by atoms with Crippen molar-refractivity contribution in [2.45, 2.75) is 57.9 Å². The Kier molecular flexibility index (Phi) is 9.10. The highest BCUT2D eigenvalue weighted by atomic mass is 35.5. The number of amides is 4. The predicted octanol–water partition coefficient (Wildman–Crippen LogP) is 1.03. The molecule has 1 unspecified atom stereocenters. The molecule has 1 atom stereocenters. The maximum absolute atomic E-state index is 12.9. The molecule has 0 spiro atoms. The van der Waals surface area contributed by atoms with Gasteiger partial charge in [-0.25, -0.2) is 0 Å². The van der Waals surface area contributed by atoms with Gasteiger partial charge in [-0.05, 0) is 19.3 Å². The van der Waals surface area contributed by atoms with Crippen LogP contribution in [0, 0.1) is 12.8 Å². The Balaban J connectivity index is 2.11. The van der Waals surface area contributed by atoms with Gasteiger partial charge in [-0.15, -0.1) is 11.6 Å². The molecule has 1 aliphatic rings. The predicted molar refractivity (Wildman–Crippen MR) is 108 cm³/mol. The van der Waals surface area contributed by atoms with Crippen molar-refractivity contribution in [1.82, 2.24) is 20.9 Å². The summed E-state index contributed by atoms with van der Waals surface area (Å²) in [5.41, 5.74) is 7.67. The van der Waals surface area contributed by atoms with Crippen molar-refractivity contribution in [3.63, 3.8) is 0 Å². The lowest BCUT2D eigenvalue weighted by Gasteiger charge is -2.29. The summed E-state index contributed by atoms with van der Waals surface area (Å²) in [7, 11) is 0. The Hall–Kier alpha value is -2.62. The van der Waals surface area contributed by atoms with Crippen LogP contribution in [0.15, 0.2) is 10.6 Å². The topological polar surface area (TPSA) is 148 Å². The monoisotopic (exact) mass is 441 g/mol. The second-order valence-electron chi connectivity index (χ2n) is 7.46. The van der Waals surface area contributed by atoms with E-state index >= 15 is 0 Å². The van der Waals surface area contributed by atoms with Gasteiger partial charge in [-0.3, -0.25) is 29.6 Å². The second kappa shape index (κ2) is 11.5. The zero-order valence-electron chi connectivity index (χ0n) is 17.0. The molecule has 166 valence electrons. The first kappa shape index (κ1) is 23.7. The summed E-state index contributed by atoms with van der Waals surface area (Å²) in [5, 5.41) is 7.32. The molecule has 1 aromatic rings. The zero-order chi connectivity index (χ0) is 22.1. The van der Waals surface area contributed by atoms with Gasteiger partial charge in [0.05, 0.1) is 6.54 Å². The number of carbonyl (C=O) groups excluding carboxylic acids is 4. The number of hydrogen-bond acceptors (Lipinski definition) is 6. The van der Waals surface area contributed by atoms with Crippen LogP contribution in [0.2, 0.25) is 0 Å². The van der Waals surface area contributed by atoms with Crippen molar-refractivity contribution in [1.29, 1.82) is 0 Å². The number of rotatable bonds is 9. The molecule has 1 aromatic heterocycles. The number of hydrogen-bond donors (Lipinski definition) is 3. The summed E-state index contributed by atoms with van der Waals surface area (Å²) in [6, 6.07) is 0.581. The molecule has 1 heterocycles. The van der Waals surface area contributed by atoms with E-state index in [4.69, 9.17) is 21.9 Å². The van der Waals surface area contributed by atoms with E-state index in [9.17, 15) is 19.2 Å². The summed E-state index contributed by atoms with van der Waals surface area (Å²) >= 11 is 5.60. The van der Waals surface area contributed by atoms with E-state index in [-0.39, 0.29) is 30.5 Å². The van der Waals surface area contributed by atoms with Gasteiger partial charge < -0.3 is 15.6 Å². The lowest BCUT2D eigenvalue weighted by atomic mass is 9.84. The van der Waals surface area contributed by atoms with Crippen LogP contribution < -0.4 is 16.5 Å². The summed E-state index contributed by atoms with van der Waals surface area (Å²) in [6.07, 6.45) is 5.52. The molecule has 2 rings (SSSR count). The fourth-order valence-electron chi connectivity index (χ4n) is 3.44. The lowest BCUT2D eigenvalue weighted by molar-refractivity contribution is -0.141. The number of halogens is 1. The fourth-order valence-corrected chi connectivity index (χ4v) is 3.59. The highest BCUT2D eigenvalue weighted by Gasteiger charge is 2.29. The molecular weight excluding hydrogens is 414 g/mol. The molecule has 0 saturated heterocycles. The largest absolute Gasteiger partial charge is 0.370 e. The summed E-state index contributed by atoms with van der Waals surface area (Å²) in [4.78, 5) is 48.6. The first-order valence-electron chi connectivity index (χ1n) is 9.99. The van der Waals surface area contributed by atoms with Crippen LogP contribution in [0.1, 0.15) is 61.2 Å². The molecule has 10 nitrogen and oxygen atoms in total. The van der Waals surface area contributed by atoms with E-state index in [1.807, 2.05) is 0 Å². The quantitative estimate of drug-likeness (QED) is 0.385. The van der Waals surface area contributed by atoms with Crippen molar-refractivity contribution in [2.24, 2.45) is 11.7 Å². The zero-order valence-corrected chi connectivity index (χ0v) is 17.7. The third-order valence-corrected chi connectivity index (χ3v) is 5.25. The van der Waals surface area contributed by atoms with E-state index in [0.717, 1.165) is 37.1 Å². The number of nitrogens with two attached hydrogens (primary N) is 1. The minimum absolute atomic E-state index is 0.0661. The minimum Gasteiger partial charge on any atom is -0.370 e. The number of carbonyl (C=O) groups is 4. The van der Waals surface area contributed by atoms with Crippen LogP contribution in [0.5, 0.6) is 0 Å². The van der Waals surface area contributed by atoms with Gasteiger partial charge in [0, 0.05) is 12.5 Å². The van der Waals surface area contributed by atoms with Crippen molar-refractivity contribution in [2.75, 3.05) is 12.4 Å². The molecule has 30 heavy (non-hydrogen) atoms. The molecule has 0 aromatic carbocycles. The van der Waals surface area contributed by atoms with Crippen molar-refractivity contribution < 1.29 is 23.7 Å². The SMILES string of the molecule is Cc1cc(C(=O)NC(CC2CCCCC2)C(=O)NN(CCC(N)=O)C(=O)CCl)no1. The van der Waals surface area contributed by atoms with Gasteiger partial charge in [0.1, 0.15) is 17.7 Å². The summed E-state index contributed by atoms with van der Waals surface area (Å²) in [6.45, 7) is 1.55. The van der Waals surface area contributed by atoms with Crippen LogP contribution in [0.4, 0.5) is 0 Å². The number of alkyl halides is 1. The van der Waals surface area contributed by atoms with E-state index in [0.29, 0.717) is 12.2 Å². The number of aryl methyl sites for hydroxylation is 1. The van der Waals surface area contributed by atoms with Gasteiger partial charge in [0.25, 0.3) is 17.7 Å². The molecule has 1 saturated carbocycles. The van der Waals surface area contributed by atoms with Crippen molar-refractivity contribution >= 4 is 35.2 Å². The number of nitrogens with zero attached hydrogens (tertiary/aromatic N) is 2. The van der Waals surface area contributed by atoms with E-state index in [2.05, 4.69) is 15.9 Å². The van der Waals surface area contributed by atoms with Crippen LogP contribution in [-0.2, 0) is 14.4 Å². The maximum atomic E-state index is 12.9. The van der Waals surface area contributed by atoms with Crippen LogP contribution >= 0.6 is 11.6 Å². The van der Waals surface area contributed by atoms with Gasteiger partial charge in [0.2, 0.25) is 5.91 Å². The highest BCUT2D eigenvalue weighted by Crippen LogP contribution is 2.27. The van der Waals surface area contributed by atoms with Gasteiger partial charge in [0.15, 0.2) is 5.69 Å². The van der Waals surface area contributed by atoms with E-state index in [1.165, 1.54) is 6.07 Å². The van der Waals surface area contributed by atoms with Crippen LogP contribution in [0.3, 0.4) is 0 Å². The standard InChI is InChI=1S/C19H28ClN5O5/c1-12-9-15(24-30-12)18(28)22-14(10-13-5-3-2-4-6-13)19(29)23-25(17(27)11-20)8-7-16(21)26/h9,13-14H,2-8,10-11H2,1H3,(H2,21,26)(H,22,28)(H,23,29). The Bertz CT molecular complexity index is 762. The molecule has 0 aliphatic heterocycles. The number of nitrogens with one attached hydrogen (secondary N) is 2. The molecule has 0 bridgehead atoms. The Labute approximate surface area is 179 Å². The van der Waals surface area contributed by atoms with Crippen LogP contribution in [0.25, 0.3) is 0 Å². The first-order valence-corrected chi connectivity index (χ1v) is 10.5. The average molecular weight is 442 g/mol. The summed E-state index contributed by atoms with van der Waals surface area (Å²) < 4.78 is 4.92. The highest BCUT2D eigenvalue weighted by molar-refractivity contribution is 6.27. The van der Waals surface area contributed by atoms with E-state index in [1.54, 1.807) is 6.92 Å². The van der Waals surface area contributed by atoms with Crippen molar-refractivity contribution in [3.8, 4) is 0 Å². The van der Waals surface area contributed by atoms with Gasteiger partial charge in [-0.1, -0.05) is 37.3 Å². The summed E-state index contributed by atoms with van der Waals surface area (Å²) in [5.74, 6) is -1.95. The van der Waals surface area contributed by atoms with Gasteiger partial charge in [-0.2, -0.15) is 0 Å². The Morgan fingerprint density at radius 2 is 2.00 bits per heavy atom. The van der Waals surface area contributed by atoms with Crippen molar-refractivity contribution in [3.05, 3.63) is 17.5 Å². The lowest BCUT2D eigenvalue weighted by Crippen LogP contribution is -2.55. The first-order chi connectivity index (χ1) is 14.3. The maximum Gasteiger partial charge on any atom is 0.274 e. The smallest absolute Gasteiger partial charge is 0.274 e. The minimum atomic E-state index is -0.892. The molecule has 1 fully saturated rings. The molecule has 4 amide bonds. The Morgan fingerprint density at radius 3 is 2.57 bits per heavy atom.